The fourth-order valence-electron chi connectivity index (χ4n) is 2.80. The number of benzene rings is 2. The van der Waals surface area contributed by atoms with Crippen molar-refractivity contribution >= 4 is 21.1 Å². The van der Waals surface area contributed by atoms with Gasteiger partial charge in [0.1, 0.15) is 5.82 Å². The third-order valence-electron chi connectivity index (χ3n) is 3.78. The standard InChI is InChI=1S/C18H20N2O2S/c1-13(2)12-15-8-10-16(11-9-15)23(21,22)20-14(3)19-17-6-4-5-7-18(17)20/h4-11,13H,12H2,1-3H3. The zero-order valence-electron chi connectivity index (χ0n) is 13.5. The van der Waals surface area contributed by atoms with Crippen molar-refractivity contribution in [1.82, 2.24) is 8.96 Å². The molecule has 0 aliphatic carbocycles. The molecule has 3 rings (SSSR count). The first-order valence-electron chi connectivity index (χ1n) is 7.68. The summed E-state index contributed by atoms with van der Waals surface area (Å²) in [5.41, 5.74) is 2.44. The molecule has 0 unspecified atom stereocenters. The van der Waals surface area contributed by atoms with E-state index in [0.717, 1.165) is 12.0 Å². The fourth-order valence-corrected chi connectivity index (χ4v) is 4.30. The number of fused-ring (bicyclic) bond motifs is 1. The average Bonchev–Trinajstić information content (AvgIpc) is 2.83. The molecule has 5 heteroatoms. The molecule has 0 amide bonds. The summed E-state index contributed by atoms with van der Waals surface area (Å²) in [7, 11) is -3.64. The molecule has 0 fully saturated rings. The number of hydrogen-bond donors (Lipinski definition) is 0. The van der Waals surface area contributed by atoms with Crippen LogP contribution in [0.2, 0.25) is 0 Å². The van der Waals surface area contributed by atoms with Gasteiger partial charge in [-0.2, -0.15) is 0 Å². The summed E-state index contributed by atoms with van der Waals surface area (Å²) in [6.45, 7) is 6.00. The van der Waals surface area contributed by atoms with Crippen LogP contribution in [0.5, 0.6) is 0 Å². The first-order chi connectivity index (χ1) is 10.9. The Kier molecular flexibility index (Phi) is 3.98. The Balaban J connectivity index is 2.09. The molecule has 0 aliphatic rings. The number of para-hydroxylation sites is 2. The minimum atomic E-state index is -3.64. The minimum Gasteiger partial charge on any atom is -0.232 e. The van der Waals surface area contributed by atoms with Crippen LogP contribution in [-0.2, 0) is 16.4 Å². The molecule has 120 valence electrons. The van der Waals surface area contributed by atoms with Crippen molar-refractivity contribution < 1.29 is 8.42 Å². The van der Waals surface area contributed by atoms with Crippen molar-refractivity contribution in [2.75, 3.05) is 0 Å². The molecule has 3 aromatic rings. The maximum absolute atomic E-state index is 13.0. The first-order valence-corrected chi connectivity index (χ1v) is 9.12. The molecule has 0 N–H and O–H groups in total. The summed E-state index contributed by atoms with van der Waals surface area (Å²) in [5, 5.41) is 0. The molecule has 23 heavy (non-hydrogen) atoms. The quantitative estimate of drug-likeness (QED) is 0.732. The van der Waals surface area contributed by atoms with Crippen LogP contribution in [0.3, 0.4) is 0 Å². The molecule has 0 radical (unpaired) electrons. The number of imidazole rings is 1. The lowest BCUT2D eigenvalue weighted by Crippen LogP contribution is -2.14. The van der Waals surface area contributed by atoms with Crippen molar-refractivity contribution in [1.29, 1.82) is 0 Å². The van der Waals surface area contributed by atoms with Gasteiger partial charge in [0.2, 0.25) is 0 Å². The second-order valence-electron chi connectivity index (χ2n) is 6.16. The van der Waals surface area contributed by atoms with Gasteiger partial charge in [0.05, 0.1) is 15.9 Å². The van der Waals surface area contributed by atoms with Crippen LogP contribution in [0, 0.1) is 12.8 Å². The summed E-state index contributed by atoms with van der Waals surface area (Å²) in [6.07, 6.45) is 0.938. The Morgan fingerprint density at radius 3 is 2.35 bits per heavy atom. The largest absolute Gasteiger partial charge is 0.269 e. The summed E-state index contributed by atoms with van der Waals surface area (Å²) < 4.78 is 27.3. The molecular formula is C18H20N2O2S. The third kappa shape index (κ3) is 2.88. The van der Waals surface area contributed by atoms with Gasteiger partial charge in [0, 0.05) is 0 Å². The van der Waals surface area contributed by atoms with E-state index in [1.807, 2.05) is 30.3 Å². The highest BCUT2D eigenvalue weighted by Crippen LogP contribution is 2.23. The smallest absolute Gasteiger partial charge is 0.232 e. The predicted octanol–water partition coefficient (Wildman–Crippen LogP) is 3.78. The van der Waals surface area contributed by atoms with E-state index in [1.165, 1.54) is 3.97 Å². The molecule has 2 aromatic carbocycles. The van der Waals surface area contributed by atoms with Crippen molar-refractivity contribution in [3.63, 3.8) is 0 Å². The second kappa shape index (κ2) is 5.81. The number of nitrogens with zero attached hydrogens (tertiary/aromatic N) is 2. The van der Waals surface area contributed by atoms with Crippen LogP contribution in [0.4, 0.5) is 0 Å². The van der Waals surface area contributed by atoms with Gasteiger partial charge in [-0.1, -0.05) is 38.1 Å². The molecule has 1 aromatic heterocycles. The van der Waals surface area contributed by atoms with E-state index in [4.69, 9.17) is 0 Å². The molecule has 0 spiro atoms. The molecule has 0 aliphatic heterocycles. The SMILES string of the molecule is Cc1nc2ccccc2n1S(=O)(=O)c1ccc(CC(C)C)cc1. The Bertz CT molecular complexity index is 939. The average molecular weight is 328 g/mol. The highest BCUT2D eigenvalue weighted by atomic mass is 32.2. The molecular weight excluding hydrogens is 308 g/mol. The van der Waals surface area contributed by atoms with Gasteiger partial charge in [-0.05, 0) is 49.1 Å². The van der Waals surface area contributed by atoms with E-state index in [1.54, 1.807) is 25.1 Å². The predicted molar refractivity (Wildman–Crippen MR) is 92.0 cm³/mol. The van der Waals surface area contributed by atoms with Crippen LogP contribution >= 0.6 is 0 Å². The summed E-state index contributed by atoms with van der Waals surface area (Å²) in [6, 6.07) is 14.4. The van der Waals surface area contributed by atoms with Crippen molar-refractivity contribution in [3.8, 4) is 0 Å². The zero-order chi connectivity index (χ0) is 16.6. The number of rotatable bonds is 4. The van der Waals surface area contributed by atoms with Gasteiger partial charge < -0.3 is 0 Å². The fraction of sp³-hybridized carbons (Fsp3) is 0.278. The van der Waals surface area contributed by atoms with E-state index in [9.17, 15) is 8.42 Å². The number of aromatic nitrogens is 2. The van der Waals surface area contributed by atoms with Crippen molar-refractivity contribution in [2.24, 2.45) is 5.92 Å². The summed E-state index contributed by atoms with van der Waals surface area (Å²) in [4.78, 5) is 4.63. The Hall–Kier alpha value is -2.14. The lowest BCUT2D eigenvalue weighted by molar-refractivity contribution is 0.587. The highest BCUT2D eigenvalue weighted by Gasteiger charge is 2.22. The van der Waals surface area contributed by atoms with E-state index in [0.29, 0.717) is 22.8 Å². The maximum Gasteiger partial charge on any atom is 0.269 e. The third-order valence-corrected chi connectivity index (χ3v) is 5.59. The van der Waals surface area contributed by atoms with Crippen molar-refractivity contribution in [2.45, 2.75) is 32.1 Å². The van der Waals surface area contributed by atoms with E-state index < -0.39 is 10.0 Å². The van der Waals surface area contributed by atoms with Crippen LogP contribution in [0.25, 0.3) is 11.0 Å². The Labute approximate surface area is 136 Å². The molecule has 0 saturated heterocycles. The Morgan fingerprint density at radius 1 is 1.04 bits per heavy atom. The monoisotopic (exact) mass is 328 g/mol. The first kappa shape index (κ1) is 15.7. The molecule has 1 heterocycles. The second-order valence-corrected chi connectivity index (χ2v) is 7.95. The Morgan fingerprint density at radius 2 is 1.70 bits per heavy atom. The van der Waals surface area contributed by atoms with Crippen molar-refractivity contribution in [3.05, 3.63) is 59.9 Å². The van der Waals surface area contributed by atoms with Gasteiger partial charge in [0.15, 0.2) is 0 Å². The topological polar surface area (TPSA) is 52.0 Å². The minimum absolute atomic E-state index is 0.288. The van der Waals surface area contributed by atoms with Gasteiger partial charge in [-0.25, -0.2) is 17.4 Å². The maximum atomic E-state index is 13.0. The number of hydrogen-bond acceptors (Lipinski definition) is 3. The summed E-state index contributed by atoms with van der Waals surface area (Å²) >= 11 is 0. The van der Waals surface area contributed by atoms with E-state index in [2.05, 4.69) is 18.8 Å². The van der Waals surface area contributed by atoms with Gasteiger partial charge in [0.25, 0.3) is 10.0 Å². The normalized spacial score (nSPS) is 12.2. The molecule has 0 bridgehead atoms. The van der Waals surface area contributed by atoms with Crippen LogP contribution in [0.1, 0.15) is 25.2 Å². The van der Waals surface area contributed by atoms with Gasteiger partial charge >= 0.3 is 0 Å². The van der Waals surface area contributed by atoms with Gasteiger partial charge in [-0.15, -0.1) is 0 Å². The van der Waals surface area contributed by atoms with Crippen LogP contribution in [-0.4, -0.2) is 17.4 Å². The lowest BCUT2D eigenvalue weighted by atomic mass is 10.0. The summed E-state index contributed by atoms with van der Waals surface area (Å²) in [5.74, 6) is 1.01. The van der Waals surface area contributed by atoms with Crippen LogP contribution < -0.4 is 0 Å². The van der Waals surface area contributed by atoms with E-state index in [-0.39, 0.29) is 4.90 Å². The molecule has 0 atom stereocenters. The van der Waals surface area contributed by atoms with E-state index >= 15 is 0 Å². The molecule has 0 saturated carbocycles. The van der Waals surface area contributed by atoms with Gasteiger partial charge in [-0.3, -0.25) is 0 Å². The number of aryl methyl sites for hydroxylation is 1. The zero-order valence-corrected chi connectivity index (χ0v) is 14.3. The lowest BCUT2D eigenvalue weighted by Gasteiger charge is -2.10. The molecule has 4 nitrogen and oxygen atoms in total. The van der Waals surface area contributed by atoms with Crippen LogP contribution in [0.15, 0.2) is 53.4 Å². The highest BCUT2D eigenvalue weighted by molar-refractivity contribution is 7.90.